The first kappa shape index (κ1) is 12.6. The Balaban J connectivity index is 2.02. The van der Waals surface area contributed by atoms with E-state index in [0.717, 1.165) is 30.7 Å². The molecule has 1 aromatic heterocycles. The highest BCUT2D eigenvalue weighted by Crippen LogP contribution is 2.38. The second-order valence-electron chi connectivity index (χ2n) is 4.79. The Morgan fingerprint density at radius 1 is 1.53 bits per heavy atom. The molecule has 1 aliphatic heterocycles. The number of rotatable bonds is 4. The van der Waals surface area contributed by atoms with Crippen LogP contribution in [0, 0.1) is 0 Å². The van der Waals surface area contributed by atoms with E-state index in [0.29, 0.717) is 12.2 Å². The maximum Gasteiger partial charge on any atom is 0.154 e. The van der Waals surface area contributed by atoms with Crippen LogP contribution in [0.3, 0.4) is 0 Å². The third-order valence-electron chi connectivity index (χ3n) is 3.44. The summed E-state index contributed by atoms with van der Waals surface area (Å²) in [6, 6.07) is 4.06. The standard InChI is InChI=1S/C14H19NOS/c1-3-11-5-6-12(15-10-11)9-13(16)14(2)7-4-8-17-14/h5-6,10H,3-4,7-9H2,1-2H3. The molecule has 1 atom stereocenters. The average molecular weight is 249 g/mol. The fraction of sp³-hybridized carbons (Fsp3) is 0.571. The van der Waals surface area contributed by atoms with Crippen molar-refractivity contribution in [2.45, 2.75) is 44.3 Å². The zero-order valence-electron chi connectivity index (χ0n) is 10.5. The van der Waals surface area contributed by atoms with E-state index in [4.69, 9.17) is 0 Å². The molecule has 1 unspecified atom stereocenters. The molecule has 0 bridgehead atoms. The number of carbonyl (C=O) groups excluding carboxylic acids is 1. The predicted molar refractivity (Wildman–Crippen MR) is 72.4 cm³/mol. The minimum Gasteiger partial charge on any atom is -0.298 e. The topological polar surface area (TPSA) is 30.0 Å². The molecule has 0 saturated carbocycles. The minimum atomic E-state index is -0.162. The zero-order valence-corrected chi connectivity index (χ0v) is 11.3. The average Bonchev–Trinajstić information content (AvgIpc) is 2.78. The summed E-state index contributed by atoms with van der Waals surface area (Å²) in [5.74, 6) is 1.45. The third kappa shape index (κ3) is 2.89. The van der Waals surface area contributed by atoms with E-state index in [-0.39, 0.29) is 4.75 Å². The maximum absolute atomic E-state index is 12.2. The van der Waals surface area contributed by atoms with Gasteiger partial charge in [-0.3, -0.25) is 9.78 Å². The van der Waals surface area contributed by atoms with Gasteiger partial charge in [0.1, 0.15) is 0 Å². The van der Waals surface area contributed by atoms with Gasteiger partial charge in [0.2, 0.25) is 0 Å². The number of Topliss-reactive ketones (excluding diaryl/α,β-unsaturated/α-hetero) is 1. The second kappa shape index (κ2) is 5.21. The van der Waals surface area contributed by atoms with Gasteiger partial charge in [0.25, 0.3) is 0 Å². The van der Waals surface area contributed by atoms with Gasteiger partial charge in [-0.1, -0.05) is 13.0 Å². The lowest BCUT2D eigenvalue weighted by Gasteiger charge is -2.20. The van der Waals surface area contributed by atoms with Gasteiger partial charge in [0.15, 0.2) is 5.78 Å². The lowest BCUT2D eigenvalue weighted by molar-refractivity contribution is -0.120. The van der Waals surface area contributed by atoms with Gasteiger partial charge < -0.3 is 0 Å². The van der Waals surface area contributed by atoms with E-state index in [1.54, 1.807) is 11.8 Å². The smallest absolute Gasteiger partial charge is 0.154 e. The molecular formula is C14H19NOS. The molecule has 3 heteroatoms. The highest BCUT2D eigenvalue weighted by atomic mass is 32.2. The molecule has 1 saturated heterocycles. The molecule has 0 aliphatic carbocycles. The van der Waals surface area contributed by atoms with Crippen LogP contribution in [0.1, 0.15) is 37.9 Å². The van der Waals surface area contributed by atoms with Crippen molar-refractivity contribution >= 4 is 17.5 Å². The van der Waals surface area contributed by atoms with Gasteiger partial charge in [0.05, 0.1) is 11.2 Å². The maximum atomic E-state index is 12.2. The summed E-state index contributed by atoms with van der Waals surface area (Å²) >= 11 is 1.80. The number of aryl methyl sites for hydroxylation is 1. The van der Waals surface area contributed by atoms with Crippen LogP contribution >= 0.6 is 11.8 Å². The van der Waals surface area contributed by atoms with Crippen LogP contribution in [-0.4, -0.2) is 21.3 Å². The molecule has 0 spiro atoms. The Morgan fingerprint density at radius 2 is 2.35 bits per heavy atom. The Bertz CT molecular complexity index is 393. The van der Waals surface area contributed by atoms with Crippen LogP contribution in [0.2, 0.25) is 0 Å². The lowest BCUT2D eigenvalue weighted by atomic mass is 9.96. The first-order valence-electron chi connectivity index (χ1n) is 6.25. The van der Waals surface area contributed by atoms with Gasteiger partial charge in [0, 0.05) is 11.9 Å². The van der Waals surface area contributed by atoms with E-state index in [9.17, 15) is 4.79 Å². The van der Waals surface area contributed by atoms with Gasteiger partial charge >= 0.3 is 0 Å². The van der Waals surface area contributed by atoms with Crippen molar-refractivity contribution in [3.05, 3.63) is 29.6 Å². The van der Waals surface area contributed by atoms with Crippen LogP contribution in [0.15, 0.2) is 18.3 Å². The van der Waals surface area contributed by atoms with Gasteiger partial charge in [-0.05, 0) is 43.6 Å². The summed E-state index contributed by atoms with van der Waals surface area (Å²) in [5, 5.41) is 0. The summed E-state index contributed by atoms with van der Waals surface area (Å²) in [6.45, 7) is 4.19. The molecule has 0 aromatic carbocycles. The van der Waals surface area contributed by atoms with Gasteiger partial charge in [-0.15, -0.1) is 11.8 Å². The summed E-state index contributed by atoms with van der Waals surface area (Å²) in [7, 11) is 0. The molecule has 2 rings (SSSR count). The summed E-state index contributed by atoms with van der Waals surface area (Å²) < 4.78 is -0.162. The van der Waals surface area contributed by atoms with E-state index < -0.39 is 0 Å². The van der Waals surface area contributed by atoms with Crippen LogP contribution in [-0.2, 0) is 17.6 Å². The Hall–Kier alpha value is -0.830. The van der Waals surface area contributed by atoms with Crippen molar-refractivity contribution in [1.29, 1.82) is 0 Å². The van der Waals surface area contributed by atoms with Crippen LogP contribution in [0.5, 0.6) is 0 Å². The Labute approximate surface area is 107 Å². The highest BCUT2D eigenvalue weighted by Gasteiger charge is 2.36. The molecular weight excluding hydrogens is 230 g/mol. The molecule has 1 fully saturated rings. The first-order valence-corrected chi connectivity index (χ1v) is 7.24. The third-order valence-corrected chi connectivity index (χ3v) is 5.01. The Morgan fingerprint density at radius 3 is 2.88 bits per heavy atom. The molecule has 92 valence electrons. The molecule has 2 nitrogen and oxygen atoms in total. The molecule has 2 heterocycles. The molecule has 1 aromatic rings. The lowest BCUT2D eigenvalue weighted by Crippen LogP contribution is -2.30. The van der Waals surface area contributed by atoms with E-state index in [1.807, 2.05) is 12.3 Å². The molecule has 0 N–H and O–H groups in total. The van der Waals surface area contributed by atoms with Crippen LogP contribution in [0.25, 0.3) is 0 Å². The predicted octanol–water partition coefficient (Wildman–Crippen LogP) is 3.04. The number of hydrogen-bond acceptors (Lipinski definition) is 3. The number of pyridine rings is 1. The number of thioether (sulfide) groups is 1. The monoisotopic (exact) mass is 249 g/mol. The molecule has 17 heavy (non-hydrogen) atoms. The first-order chi connectivity index (χ1) is 8.14. The zero-order chi connectivity index (χ0) is 12.3. The number of aromatic nitrogens is 1. The fourth-order valence-corrected chi connectivity index (χ4v) is 3.38. The van der Waals surface area contributed by atoms with Crippen molar-refractivity contribution in [3.63, 3.8) is 0 Å². The van der Waals surface area contributed by atoms with E-state index in [2.05, 4.69) is 24.9 Å². The summed E-state index contributed by atoms with van der Waals surface area (Å²) in [5.41, 5.74) is 2.13. The molecule has 1 aliphatic rings. The highest BCUT2D eigenvalue weighted by molar-refractivity contribution is 8.01. The van der Waals surface area contributed by atoms with Crippen LogP contribution in [0.4, 0.5) is 0 Å². The quantitative estimate of drug-likeness (QED) is 0.821. The van der Waals surface area contributed by atoms with Crippen molar-refractivity contribution in [3.8, 4) is 0 Å². The van der Waals surface area contributed by atoms with E-state index >= 15 is 0 Å². The number of ketones is 1. The van der Waals surface area contributed by atoms with Crippen molar-refractivity contribution in [2.24, 2.45) is 0 Å². The number of hydrogen-bond donors (Lipinski definition) is 0. The van der Waals surface area contributed by atoms with Crippen molar-refractivity contribution < 1.29 is 4.79 Å². The van der Waals surface area contributed by atoms with Crippen molar-refractivity contribution in [2.75, 3.05) is 5.75 Å². The number of carbonyl (C=O) groups is 1. The molecule has 0 radical (unpaired) electrons. The minimum absolute atomic E-state index is 0.162. The largest absolute Gasteiger partial charge is 0.298 e. The van der Waals surface area contributed by atoms with Crippen molar-refractivity contribution in [1.82, 2.24) is 4.98 Å². The normalized spacial score (nSPS) is 23.9. The summed E-state index contributed by atoms with van der Waals surface area (Å²) in [6.07, 6.45) is 5.54. The SMILES string of the molecule is CCc1ccc(CC(=O)C2(C)CCCS2)nc1. The van der Waals surface area contributed by atoms with Crippen LogP contribution < -0.4 is 0 Å². The molecule has 0 amide bonds. The van der Waals surface area contributed by atoms with Gasteiger partial charge in [-0.2, -0.15) is 0 Å². The van der Waals surface area contributed by atoms with E-state index in [1.165, 1.54) is 5.56 Å². The second-order valence-corrected chi connectivity index (χ2v) is 6.39. The number of nitrogens with zero attached hydrogens (tertiary/aromatic N) is 1. The summed E-state index contributed by atoms with van der Waals surface area (Å²) in [4.78, 5) is 16.6. The Kier molecular flexibility index (Phi) is 3.87. The van der Waals surface area contributed by atoms with Gasteiger partial charge in [-0.25, -0.2) is 0 Å². The fourth-order valence-electron chi connectivity index (χ4n) is 2.12.